The van der Waals surface area contributed by atoms with Crippen LogP contribution in [-0.4, -0.2) is 34.8 Å². The number of carbonyl (C=O) groups is 1. The van der Waals surface area contributed by atoms with Gasteiger partial charge in [-0.05, 0) is 37.4 Å². The summed E-state index contributed by atoms with van der Waals surface area (Å²) in [6.07, 6.45) is 3.99. The third kappa shape index (κ3) is 3.60. The molecule has 104 valence electrons. The van der Waals surface area contributed by atoms with Gasteiger partial charge in [-0.15, -0.1) is 0 Å². The lowest BCUT2D eigenvalue weighted by Gasteiger charge is -2.27. The molecule has 1 atom stereocenters. The third-order valence-corrected chi connectivity index (χ3v) is 3.82. The largest absolute Gasteiger partial charge is 0.300 e. The summed E-state index contributed by atoms with van der Waals surface area (Å²) in [7, 11) is 0. The number of Topliss-reactive ketones (excluding diaryl/α,β-unsaturated/α-hetero) is 1. The maximum Gasteiger partial charge on any atom is 0.182 e. The molecule has 3 nitrogen and oxygen atoms in total. The highest BCUT2D eigenvalue weighted by Gasteiger charge is 2.27. The van der Waals surface area contributed by atoms with Gasteiger partial charge in [0.05, 0.1) is 6.20 Å². The van der Waals surface area contributed by atoms with Crippen molar-refractivity contribution in [2.24, 2.45) is 5.92 Å². The van der Waals surface area contributed by atoms with Crippen LogP contribution in [0.3, 0.4) is 0 Å². The molecule has 1 saturated heterocycles. The van der Waals surface area contributed by atoms with Gasteiger partial charge in [-0.3, -0.25) is 14.7 Å². The van der Waals surface area contributed by atoms with Crippen molar-refractivity contribution < 1.29 is 9.18 Å². The Bertz CT molecular complexity index is 430. The molecule has 0 amide bonds. The van der Waals surface area contributed by atoms with Crippen LogP contribution < -0.4 is 0 Å². The lowest BCUT2D eigenvalue weighted by Crippen LogP contribution is -2.35. The summed E-state index contributed by atoms with van der Waals surface area (Å²) >= 11 is 0. The minimum absolute atomic E-state index is 0.00518. The summed E-state index contributed by atoms with van der Waals surface area (Å²) in [4.78, 5) is 18.2. The van der Waals surface area contributed by atoms with E-state index in [9.17, 15) is 9.18 Å². The average molecular weight is 264 g/mol. The van der Waals surface area contributed by atoms with Crippen molar-refractivity contribution in [1.82, 2.24) is 9.88 Å². The number of aromatic nitrogens is 1. The molecular weight excluding hydrogens is 243 g/mol. The number of hydrogen-bond acceptors (Lipinski definition) is 3. The second-order valence-corrected chi connectivity index (χ2v) is 5.52. The maximum absolute atomic E-state index is 12.7. The molecular formula is C15H21FN2O. The highest BCUT2D eigenvalue weighted by atomic mass is 19.1. The first-order valence-electron chi connectivity index (χ1n) is 6.96. The Morgan fingerprint density at radius 3 is 2.95 bits per heavy atom. The fourth-order valence-corrected chi connectivity index (χ4v) is 2.80. The predicted octanol–water partition coefficient (Wildman–Crippen LogP) is 2.91. The van der Waals surface area contributed by atoms with Gasteiger partial charge in [0.25, 0.3) is 0 Å². The molecule has 1 aliphatic rings. The van der Waals surface area contributed by atoms with Crippen LogP contribution in [0.2, 0.25) is 0 Å². The zero-order valence-electron chi connectivity index (χ0n) is 11.6. The van der Waals surface area contributed by atoms with Crippen LogP contribution in [0.25, 0.3) is 0 Å². The Morgan fingerprint density at radius 2 is 2.32 bits per heavy atom. The lowest BCUT2D eigenvalue weighted by molar-refractivity contribution is 0.0949. The summed E-state index contributed by atoms with van der Waals surface area (Å²) in [5.41, 5.74) is 0.363. The minimum atomic E-state index is -0.407. The van der Waals surface area contributed by atoms with Crippen LogP contribution >= 0.6 is 0 Å². The molecule has 2 rings (SSSR count). The van der Waals surface area contributed by atoms with Crippen LogP contribution in [0, 0.1) is 11.7 Å². The van der Waals surface area contributed by atoms with Crippen molar-refractivity contribution in [3.8, 4) is 0 Å². The molecule has 0 N–H and O–H groups in total. The minimum Gasteiger partial charge on any atom is -0.300 e. The van der Waals surface area contributed by atoms with E-state index in [2.05, 4.69) is 23.7 Å². The van der Waals surface area contributed by atoms with Gasteiger partial charge < -0.3 is 0 Å². The zero-order valence-corrected chi connectivity index (χ0v) is 11.6. The number of pyridine rings is 1. The summed E-state index contributed by atoms with van der Waals surface area (Å²) in [6, 6.07) is 3.34. The van der Waals surface area contributed by atoms with E-state index in [0.29, 0.717) is 24.1 Å². The molecule has 19 heavy (non-hydrogen) atoms. The van der Waals surface area contributed by atoms with Crippen LogP contribution in [-0.2, 0) is 0 Å². The molecule has 1 aromatic heterocycles. The van der Waals surface area contributed by atoms with Crippen molar-refractivity contribution in [2.45, 2.75) is 39.2 Å². The SMILES string of the molecule is CC(C)C1CCCN1CCC(=O)c1ccc(F)cn1. The van der Waals surface area contributed by atoms with Gasteiger partial charge in [0, 0.05) is 19.0 Å². The molecule has 0 saturated carbocycles. The van der Waals surface area contributed by atoms with Crippen LogP contribution in [0.1, 0.15) is 43.6 Å². The van der Waals surface area contributed by atoms with E-state index in [-0.39, 0.29) is 5.78 Å². The summed E-state index contributed by atoms with van der Waals surface area (Å²) in [6.45, 7) is 6.31. The molecule has 0 radical (unpaired) electrons. The van der Waals surface area contributed by atoms with E-state index in [1.807, 2.05) is 0 Å². The van der Waals surface area contributed by atoms with Crippen molar-refractivity contribution in [3.63, 3.8) is 0 Å². The quantitative estimate of drug-likeness (QED) is 0.767. The van der Waals surface area contributed by atoms with Gasteiger partial charge >= 0.3 is 0 Å². The standard InChI is InChI=1S/C15H21FN2O/c1-11(2)14-4-3-8-18(14)9-7-15(19)13-6-5-12(16)10-17-13/h5-6,10-11,14H,3-4,7-9H2,1-2H3. The summed E-state index contributed by atoms with van der Waals surface area (Å²) in [5, 5.41) is 0. The molecule has 1 unspecified atom stereocenters. The van der Waals surface area contributed by atoms with Crippen LogP contribution in [0.4, 0.5) is 4.39 Å². The fraction of sp³-hybridized carbons (Fsp3) is 0.600. The normalized spacial score (nSPS) is 20.1. The topological polar surface area (TPSA) is 33.2 Å². The molecule has 4 heteroatoms. The molecule has 0 bridgehead atoms. The number of ketones is 1. The number of rotatable bonds is 5. The van der Waals surface area contributed by atoms with Crippen LogP contribution in [0.5, 0.6) is 0 Å². The van der Waals surface area contributed by atoms with Crippen molar-refractivity contribution in [3.05, 3.63) is 29.8 Å². The maximum atomic E-state index is 12.7. The van der Waals surface area contributed by atoms with E-state index in [1.165, 1.54) is 25.0 Å². The molecule has 0 aliphatic carbocycles. The Kier molecular flexibility index (Phi) is 4.64. The number of hydrogen-bond donors (Lipinski definition) is 0. The van der Waals surface area contributed by atoms with Gasteiger partial charge in [-0.2, -0.15) is 0 Å². The van der Waals surface area contributed by atoms with E-state index in [0.717, 1.165) is 19.3 Å². The first-order valence-corrected chi connectivity index (χ1v) is 6.96. The van der Waals surface area contributed by atoms with E-state index < -0.39 is 5.82 Å². The van der Waals surface area contributed by atoms with E-state index >= 15 is 0 Å². The third-order valence-electron chi connectivity index (χ3n) is 3.82. The first-order chi connectivity index (χ1) is 9.08. The van der Waals surface area contributed by atoms with Gasteiger partial charge in [0.2, 0.25) is 0 Å². The van der Waals surface area contributed by atoms with Crippen molar-refractivity contribution >= 4 is 5.78 Å². The molecule has 1 aliphatic heterocycles. The molecule has 1 fully saturated rings. The zero-order chi connectivity index (χ0) is 13.8. The molecule has 1 aromatic rings. The Balaban J connectivity index is 1.88. The number of halogens is 1. The highest BCUT2D eigenvalue weighted by Crippen LogP contribution is 2.23. The Hall–Kier alpha value is -1.29. The lowest BCUT2D eigenvalue weighted by atomic mass is 10.0. The number of carbonyl (C=O) groups excluding carboxylic acids is 1. The highest BCUT2D eigenvalue weighted by molar-refractivity contribution is 5.94. The predicted molar refractivity (Wildman–Crippen MR) is 72.6 cm³/mol. The van der Waals surface area contributed by atoms with Crippen LogP contribution in [0.15, 0.2) is 18.3 Å². The van der Waals surface area contributed by atoms with E-state index in [1.54, 1.807) is 0 Å². The second-order valence-electron chi connectivity index (χ2n) is 5.52. The molecule has 2 heterocycles. The second kappa shape index (κ2) is 6.24. The number of likely N-dealkylation sites (tertiary alicyclic amines) is 1. The molecule has 0 spiro atoms. The van der Waals surface area contributed by atoms with Gasteiger partial charge in [0.15, 0.2) is 5.78 Å². The van der Waals surface area contributed by atoms with Crippen molar-refractivity contribution in [1.29, 1.82) is 0 Å². The Labute approximate surface area is 113 Å². The van der Waals surface area contributed by atoms with Gasteiger partial charge in [-0.25, -0.2) is 4.39 Å². The number of nitrogens with zero attached hydrogens (tertiary/aromatic N) is 2. The van der Waals surface area contributed by atoms with Crippen molar-refractivity contribution in [2.75, 3.05) is 13.1 Å². The Morgan fingerprint density at radius 1 is 1.53 bits per heavy atom. The monoisotopic (exact) mass is 264 g/mol. The average Bonchev–Trinajstić information content (AvgIpc) is 2.85. The van der Waals surface area contributed by atoms with Gasteiger partial charge in [-0.1, -0.05) is 13.8 Å². The van der Waals surface area contributed by atoms with Gasteiger partial charge in [0.1, 0.15) is 11.5 Å². The summed E-state index contributed by atoms with van der Waals surface area (Å²) < 4.78 is 12.7. The van der Waals surface area contributed by atoms with E-state index in [4.69, 9.17) is 0 Å². The molecule has 0 aromatic carbocycles. The first kappa shape index (κ1) is 14.1. The summed E-state index contributed by atoms with van der Waals surface area (Å²) in [5.74, 6) is 0.215. The fourth-order valence-electron chi connectivity index (χ4n) is 2.80. The smallest absolute Gasteiger partial charge is 0.182 e.